The molecule has 240 valence electrons. The van der Waals surface area contributed by atoms with Crippen molar-refractivity contribution in [3.63, 3.8) is 0 Å². The third kappa shape index (κ3) is 8.92. The lowest BCUT2D eigenvalue weighted by atomic mass is 9.89. The van der Waals surface area contributed by atoms with Crippen LogP contribution in [0.5, 0.6) is 0 Å². The summed E-state index contributed by atoms with van der Waals surface area (Å²) >= 11 is 25.0. The summed E-state index contributed by atoms with van der Waals surface area (Å²) in [5.74, 6) is -0.464. The maximum atomic E-state index is 13.3. The van der Waals surface area contributed by atoms with Gasteiger partial charge in [0.15, 0.2) is 0 Å². The molecule has 0 spiro atoms. The highest BCUT2D eigenvalue weighted by Crippen LogP contribution is 2.31. The van der Waals surface area contributed by atoms with E-state index in [1.807, 2.05) is 17.0 Å². The number of hydrogen-bond acceptors (Lipinski definition) is 6. The quantitative estimate of drug-likeness (QED) is 0.214. The Bertz CT molecular complexity index is 1320. The minimum atomic E-state index is -0.252. The number of urea groups is 1. The molecule has 0 radical (unpaired) electrons. The van der Waals surface area contributed by atoms with Crippen LogP contribution in [0.1, 0.15) is 47.5 Å². The number of amides is 3. The maximum absolute atomic E-state index is 13.3. The minimum absolute atomic E-state index is 0.0225. The van der Waals surface area contributed by atoms with Gasteiger partial charge in [0.05, 0.1) is 28.9 Å². The number of rotatable bonds is 12. The number of hydrogen-bond donors (Lipinski definition) is 1. The first-order valence-corrected chi connectivity index (χ1v) is 16.3. The fourth-order valence-corrected chi connectivity index (χ4v) is 6.86. The maximum Gasteiger partial charge on any atom is 0.320 e. The van der Waals surface area contributed by atoms with Gasteiger partial charge in [0.1, 0.15) is 7.11 Å². The van der Waals surface area contributed by atoms with E-state index < -0.39 is 0 Å². The first-order chi connectivity index (χ1) is 21.1. The van der Waals surface area contributed by atoms with Gasteiger partial charge >= 0.3 is 6.03 Å². The average Bonchev–Trinajstić information content (AvgIpc) is 2.99. The number of benzene rings is 2. The zero-order chi connectivity index (χ0) is 31.8. The Morgan fingerprint density at radius 1 is 1.02 bits per heavy atom. The van der Waals surface area contributed by atoms with Gasteiger partial charge in [0.2, 0.25) is 0 Å². The molecule has 2 aliphatic heterocycles. The highest BCUT2D eigenvalue weighted by molar-refractivity contribution is 6.42. The molecule has 0 unspecified atom stereocenters. The number of β-amino-alcohol motifs (C(OH)–C–C–N with tert-alkyl or cyclic N) is 1. The molecule has 2 fully saturated rings. The second kappa shape index (κ2) is 16.3. The summed E-state index contributed by atoms with van der Waals surface area (Å²) in [5.41, 5.74) is 1.95. The zero-order valence-corrected chi connectivity index (χ0v) is 28.0. The third-order valence-corrected chi connectivity index (χ3v) is 9.43. The highest BCUT2D eigenvalue weighted by Gasteiger charge is 2.33. The van der Waals surface area contributed by atoms with Gasteiger partial charge in [-0.05, 0) is 68.1 Å². The van der Waals surface area contributed by atoms with Gasteiger partial charge in [-0.1, -0.05) is 57.6 Å². The fraction of sp³-hybridized carbons (Fsp3) is 0.516. The molecule has 2 saturated heterocycles. The molecule has 2 aromatic carbocycles. The molecule has 0 aliphatic carbocycles. The first-order valence-electron chi connectivity index (χ1n) is 14.8. The van der Waals surface area contributed by atoms with E-state index in [1.165, 1.54) is 7.11 Å². The molecule has 1 N–H and O–H groups in total. The lowest BCUT2D eigenvalue weighted by Gasteiger charge is -2.43. The van der Waals surface area contributed by atoms with Crippen LogP contribution in [0.2, 0.25) is 20.1 Å². The van der Waals surface area contributed by atoms with Gasteiger partial charge in [-0.15, -0.1) is 0 Å². The highest BCUT2D eigenvalue weighted by atomic mass is 35.5. The summed E-state index contributed by atoms with van der Waals surface area (Å²) < 4.78 is 0. The fourth-order valence-electron chi connectivity index (χ4n) is 6.03. The van der Waals surface area contributed by atoms with Crippen molar-refractivity contribution in [1.29, 1.82) is 0 Å². The Balaban J connectivity index is 1.46. The van der Waals surface area contributed by atoms with Gasteiger partial charge in [-0.25, -0.2) is 4.79 Å². The molecule has 0 bridgehead atoms. The smallest absolute Gasteiger partial charge is 0.320 e. The second-order valence-corrected chi connectivity index (χ2v) is 12.9. The molecule has 0 aromatic heterocycles. The third-order valence-electron chi connectivity index (χ3n) is 8.26. The number of nitrogens with zero attached hydrogens (tertiary/aromatic N) is 5. The number of halogens is 4. The monoisotopic (exact) mass is 685 g/mol. The Labute approximate surface area is 279 Å². The normalized spacial score (nSPS) is 17.6. The van der Waals surface area contributed by atoms with Crippen molar-refractivity contribution < 1.29 is 19.5 Å². The number of aliphatic hydroxyl groups excluding tert-OH is 1. The molecule has 44 heavy (non-hydrogen) atoms. The zero-order valence-electron chi connectivity index (χ0n) is 25.0. The first kappa shape index (κ1) is 34.6. The van der Waals surface area contributed by atoms with Crippen LogP contribution in [-0.2, 0) is 4.84 Å². The number of carbonyl (C=O) groups excluding carboxylic acids is 2. The van der Waals surface area contributed by atoms with E-state index in [0.29, 0.717) is 50.9 Å². The van der Waals surface area contributed by atoms with Crippen LogP contribution in [0.25, 0.3) is 0 Å². The Hall–Kier alpha value is -2.27. The molecular weight excluding hydrogens is 648 g/mol. The average molecular weight is 687 g/mol. The summed E-state index contributed by atoms with van der Waals surface area (Å²) in [4.78, 5) is 39.2. The standard InChI is InChI=1S/C31H39Cl4N5O4/c1-37(30(42)22-16-23(32)19-24(33)17-22)20-29(36-44-2)26(21-4-5-27(34)28(35)18-21)8-13-38-11-6-25(7-12-38)40-10-3-9-39(14-15-41)31(40)43/h4-5,16-19,25-26,41H,3,6-15,20H2,1-2H3/b36-29+/t26-/m1/s1. The minimum Gasteiger partial charge on any atom is -0.399 e. The van der Waals surface area contributed by atoms with E-state index in [-0.39, 0.29) is 37.0 Å². The Kier molecular flexibility index (Phi) is 12.8. The molecule has 2 aliphatic rings. The molecule has 4 rings (SSSR count). The number of carbonyl (C=O) groups is 2. The molecule has 2 heterocycles. The van der Waals surface area contributed by atoms with Crippen LogP contribution >= 0.6 is 46.4 Å². The Morgan fingerprint density at radius 3 is 2.36 bits per heavy atom. The molecule has 2 aromatic rings. The van der Waals surface area contributed by atoms with Gasteiger partial charge in [-0.3, -0.25) is 4.79 Å². The lowest BCUT2D eigenvalue weighted by molar-refractivity contribution is 0.0726. The van der Waals surface area contributed by atoms with E-state index in [4.69, 9.17) is 51.2 Å². The molecule has 1 atom stereocenters. The van der Waals surface area contributed by atoms with Gasteiger partial charge in [0, 0.05) is 67.3 Å². The predicted molar refractivity (Wildman–Crippen MR) is 177 cm³/mol. The van der Waals surface area contributed by atoms with E-state index in [1.54, 1.807) is 41.1 Å². The van der Waals surface area contributed by atoms with Crippen molar-refractivity contribution in [2.45, 2.75) is 37.6 Å². The summed E-state index contributed by atoms with van der Waals surface area (Å²) in [6.07, 6.45) is 3.38. The van der Waals surface area contributed by atoms with Crippen molar-refractivity contribution >= 4 is 64.1 Å². The number of likely N-dealkylation sites (tertiary alicyclic amines) is 1. The van der Waals surface area contributed by atoms with Crippen molar-refractivity contribution in [3.8, 4) is 0 Å². The molecular formula is C31H39Cl4N5O4. The Morgan fingerprint density at radius 2 is 1.73 bits per heavy atom. The SMILES string of the molecule is CO/N=C(\CN(C)C(=O)c1cc(Cl)cc(Cl)c1)[C@H](CCN1CCC(N2CCCN(CCO)C2=O)CC1)c1ccc(Cl)c(Cl)c1. The largest absolute Gasteiger partial charge is 0.399 e. The predicted octanol–water partition coefficient (Wildman–Crippen LogP) is 6.13. The van der Waals surface area contributed by atoms with E-state index in [2.05, 4.69) is 10.1 Å². The van der Waals surface area contributed by atoms with E-state index in [0.717, 1.165) is 51.0 Å². The second-order valence-electron chi connectivity index (χ2n) is 11.2. The summed E-state index contributed by atoms with van der Waals surface area (Å²) in [5, 5.41) is 15.4. The number of aliphatic hydroxyl groups is 1. The van der Waals surface area contributed by atoms with Crippen molar-refractivity contribution in [1.82, 2.24) is 19.6 Å². The van der Waals surface area contributed by atoms with Crippen molar-refractivity contribution in [3.05, 3.63) is 67.6 Å². The topological polar surface area (TPSA) is 88.9 Å². The summed E-state index contributed by atoms with van der Waals surface area (Å²) in [7, 11) is 3.18. The van der Waals surface area contributed by atoms with Gasteiger partial charge < -0.3 is 29.5 Å². The van der Waals surface area contributed by atoms with E-state index >= 15 is 0 Å². The number of piperidine rings is 1. The van der Waals surface area contributed by atoms with Gasteiger partial charge in [-0.2, -0.15) is 0 Å². The molecule has 0 saturated carbocycles. The summed E-state index contributed by atoms with van der Waals surface area (Å²) in [6, 6.07) is 10.5. The summed E-state index contributed by atoms with van der Waals surface area (Å²) in [6.45, 7) is 4.49. The molecule has 3 amide bonds. The van der Waals surface area contributed by atoms with Crippen molar-refractivity contribution in [2.75, 3.05) is 66.6 Å². The molecule has 13 heteroatoms. The van der Waals surface area contributed by atoms with Crippen LogP contribution in [-0.4, -0.2) is 115 Å². The van der Waals surface area contributed by atoms with Crippen LogP contribution < -0.4 is 0 Å². The molecule has 9 nitrogen and oxygen atoms in total. The number of oxime groups is 1. The van der Waals surface area contributed by atoms with Crippen molar-refractivity contribution in [2.24, 2.45) is 5.16 Å². The van der Waals surface area contributed by atoms with Crippen LogP contribution in [0.15, 0.2) is 41.6 Å². The van der Waals surface area contributed by atoms with Gasteiger partial charge in [0.25, 0.3) is 5.91 Å². The van der Waals surface area contributed by atoms with Crippen LogP contribution in [0.4, 0.5) is 4.79 Å². The lowest BCUT2D eigenvalue weighted by Crippen LogP contribution is -2.56. The van der Waals surface area contributed by atoms with Crippen LogP contribution in [0, 0.1) is 0 Å². The van der Waals surface area contributed by atoms with Crippen LogP contribution in [0.3, 0.4) is 0 Å². The van der Waals surface area contributed by atoms with E-state index in [9.17, 15) is 14.7 Å².